The lowest BCUT2D eigenvalue weighted by Gasteiger charge is -2.16. The van der Waals surface area contributed by atoms with E-state index in [0.29, 0.717) is 16.6 Å². The van der Waals surface area contributed by atoms with Crippen LogP contribution in [0.15, 0.2) is 46.2 Å². The van der Waals surface area contributed by atoms with Gasteiger partial charge in [-0.15, -0.1) is 0 Å². The Morgan fingerprint density at radius 3 is 2.82 bits per heavy atom. The maximum Gasteiger partial charge on any atom is 0.317 e. The van der Waals surface area contributed by atoms with Gasteiger partial charge in [-0.25, -0.2) is 9.67 Å². The van der Waals surface area contributed by atoms with E-state index in [1.807, 2.05) is 32.0 Å². The summed E-state index contributed by atoms with van der Waals surface area (Å²) in [5, 5.41) is 7.35. The third-order valence-corrected chi connectivity index (χ3v) is 5.00. The van der Waals surface area contributed by atoms with E-state index in [0.717, 1.165) is 23.7 Å². The third-order valence-electron chi connectivity index (χ3n) is 4.20. The van der Waals surface area contributed by atoms with Crippen LogP contribution in [0.3, 0.4) is 0 Å². The number of carbonyl (C=O) groups excluding carboxylic acids is 2. The van der Waals surface area contributed by atoms with Crippen molar-refractivity contribution >= 4 is 40.6 Å². The number of ether oxygens (including phenoxy) is 1. The van der Waals surface area contributed by atoms with Crippen LogP contribution in [0.1, 0.15) is 33.2 Å². The molecule has 2 aromatic heterocycles. The van der Waals surface area contributed by atoms with Crippen molar-refractivity contribution in [1.82, 2.24) is 14.8 Å². The summed E-state index contributed by atoms with van der Waals surface area (Å²) in [4.78, 5) is 28.7. The molecule has 0 saturated heterocycles. The van der Waals surface area contributed by atoms with Gasteiger partial charge in [-0.3, -0.25) is 9.59 Å². The number of anilines is 1. The quantitative estimate of drug-likeness (QED) is 0.453. The Bertz CT molecular complexity index is 935. The maximum absolute atomic E-state index is 12.3. The second-order valence-electron chi connectivity index (χ2n) is 6.28. The van der Waals surface area contributed by atoms with Gasteiger partial charge in [-0.2, -0.15) is 5.10 Å². The Balaban J connectivity index is 1.50. The fourth-order valence-electron chi connectivity index (χ4n) is 2.48. The van der Waals surface area contributed by atoms with E-state index >= 15 is 0 Å². The normalized spacial score (nSPS) is 13.2. The average Bonchev–Trinajstić information content (AvgIpc) is 3.32. The van der Waals surface area contributed by atoms with E-state index in [1.54, 1.807) is 23.0 Å². The molecule has 8 nitrogen and oxygen atoms in total. The SMILES string of the molecule is CC[C@H](C)n1nccc1NC(=O)[C@@H](C)OC(=O)CSc1nc2ccccc2o1. The molecule has 1 amide bonds. The smallest absolute Gasteiger partial charge is 0.317 e. The van der Waals surface area contributed by atoms with Crippen LogP contribution < -0.4 is 5.32 Å². The second-order valence-corrected chi connectivity index (χ2v) is 7.20. The van der Waals surface area contributed by atoms with Crippen LogP contribution in [-0.4, -0.2) is 38.5 Å². The zero-order valence-electron chi connectivity index (χ0n) is 15.9. The highest BCUT2D eigenvalue weighted by Gasteiger charge is 2.20. The molecule has 148 valence electrons. The standard InChI is InChI=1S/C19H22N4O4S/c1-4-12(2)23-16(9-10-20-23)22-18(25)13(3)26-17(24)11-28-19-21-14-7-5-6-8-15(14)27-19/h5-10,12-13H,4,11H2,1-3H3,(H,22,25)/t12-,13+/m0/s1. The first-order valence-corrected chi connectivity index (χ1v) is 9.98. The van der Waals surface area contributed by atoms with E-state index in [4.69, 9.17) is 9.15 Å². The van der Waals surface area contributed by atoms with Crippen LogP contribution in [0.25, 0.3) is 11.1 Å². The van der Waals surface area contributed by atoms with Gasteiger partial charge in [0.2, 0.25) is 0 Å². The van der Waals surface area contributed by atoms with Crippen LogP contribution in [-0.2, 0) is 14.3 Å². The number of thioether (sulfide) groups is 1. The molecule has 0 aliphatic heterocycles. The first-order valence-electron chi connectivity index (χ1n) is 9.00. The molecule has 2 atom stereocenters. The van der Waals surface area contributed by atoms with Crippen LogP contribution in [0, 0.1) is 0 Å². The molecule has 0 saturated carbocycles. The number of amides is 1. The fraction of sp³-hybridized carbons (Fsp3) is 0.368. The van der Waals surface area contributed by atoms with Gasteiger partial charge in [0.1, 0.15) is 17.1 Å². The van der Waals surface area contributed by atoms with Crippen molar-refractivity contribution in [3.8, 4) is 0 Å². The summed E-state index contributed by atoms with van der Waals surface area (Å²) in [6.07, 6.45) is 1.56. The van der Waals surface area contributed by atoms with Crippen LogP contribution in [0.5, 0.6) is 0 Å². The topological polar surface area (TPSA) is 99.2 Å². The minimum atomic E-state index is -0.933. The van der Waals surface area contributed by atoms with Crippen molar-refractivity contribution in [2.45, 2.75) is 44.6 Å². The zero-order valence-corrected chi connectivity index (χ0v) is 16.7. The molecule has 9 heteroatoms. The molecule has 1 N–H and O–H groups in total. The van der Waals surface area contributed by atoms with Gasteiger partial charge in [-0.1, -0.05) is 30.8 Å². The number of para-hydroxylation sites is 2. The summed E-state index contributed by atoms with van der Waals surface area (Å²) in [5.41, 5.74) is 1.38. The van der Waals surface area contributed by atoms with Crippen molar-refractivity contribution in [1.29, 1.82) is 0 Å². The first kappa shape index (κ1) is 19.9. The molecule has 28 heavy (non-hydrogen) atoms. The van der Waals surface area contributed by atoms with Crippen molar-refractivity contribution in [2.24, 2.45) is 0 Å². The Morgan fingerprint density at radius 1 is 1.29 bits per heavy atom. The molecule has 0 unspecified atom stereocenters. The average molecular weight is 402 g/mol. The van der Waals surface area contributed by atoms with E-state index in [-0.39, 0.29) is 11.8 Å². The molecular formula is C19H22N4O4S. The van der Waals surface area contributed by atoms with Crippen molar-refractivity contribution in [3.05, 3.63) is 36.5 Å². The number of fused-ring (bicyclic) bond motifs is 1. The molecule has 2 heterocycles. The molecule has 3 rings (SSSR count). The van der Waals surface area contributed by atoms with Gasteiger partial charge >= 0.3 is 5.97 Å². The molecule has 0 fully saturated rings. The fourth-order valence-corrected chi connectivity index (χ4v) is 3.10. The summed E-state index contributed by atoms with van der Waals surface area (Å²) in [5.74, 6) is -0.367. The van der Waals surface area contributed by atoms with E-state index in [1.165, 1.54) is 6.92 Å². The molecule has 1 aromatic carbocycles. The number of benzene rings is 1. The molecule has 0 aliphatic rings. The Morgan fingerprint density at radius 2 is 2.07 bits per heavy atom. The lowest BCUT2D eigenvalue weighted by molar-refractivity contribution is -0.150. The predicted octanol–water partition coefficient (Wildman–Crippen LogP) is 3.66. The minimum Gasteiger partial charge on any atom is -0.452 e. The number of nitrogens with one attached hydrogen (secondary N) is 1. The highest BCUT2D eigenvalue weighted by Crippen LogP contribution is 2.23. The summed E-state index contributed by atoms with van der Waals surface area (Å²) < 4.78 is 12.5. The molecule has 0 spiro atoms. The largest absolute Gasteiger partial charge is 0.452 e. The van der Waals surface area contributed by atoms with E-state index in [9.17, 15) is 9.59 Å². The van der Waals surface area contributed by atoms with Crippen molar-refractivity contribution in [3.63, 3.8) is 0 Å². The summed E-state index contributed by atoms with van der Waals surface area (Å²) in [6, 6.07) is 9.21. The van der Waals surface area contributed by atoms with Gasteiger partial charge in [0, 0.05) is 6.07 Å². The number of nitrogens with zero attached hydrogens (tertiary/aromatic N) is 3. The Kier molecular flexibility index (Phi) is 6.35. The number of hydrogen-bond acceptors (Lipinski definition) is 7. The molecule has 3 aromatic rings. The third kappa shape index (κ3) is 4.72. The molecular weight excluding hydrogens is 380 g/mol. The zero-order chi connectivity index (χ0) is 20.1. The van der Waals surface area contributed by atoms with Gasteiger partial charge in [0.05, 0.1) is 12.2 Å². The first-order chi connectivity index (χ1) is 13.5. The highest BCUT2D eigenvalue weighted by atomic mass is 32.2. The molecule has 0 aliphatic carbocycles. The number of oxazole rings is 1. The maximum atomic E-state index is 12.3. The van der Waals surface area contributed by atoms with Gasteiger partial charge in [0.25, 0.3) is 11.1 Å². The van der Waals surface area contributed by atoms with Crippen molar-refractivity contribution < 1.29 is 18.7 Å². The molecule has 0 radical (unpaired) electrons. The lowest BCUT2D eigenvalue weighted by Crippen LogP contribution is -2.31. The second kappa shape index (κ2) is 8.92. The summed E-state index contributed by atoms with van der Waals surface area (Å²) in [7, 11) is 0. The minimum absolute atomic E-state index is 0.00472. The number of rotatable bonds is 8. The summed E-state index contributed by atoms with van der Waals surface area (Å²) >= 11 is 1.12. The number of aromatic nitrogens is 3. The van der Waals surface area contributed by atoms with Crippen molar-refractivity contribution in [2.75, 3.05) is 11.1 Å². The Hall–Kier alpha value is -2.81. The molecule has 0 bridgehead atoms. The number of hydrogen-bond donors (Lipinski definition) is 1. The van der Waals surface area contributed by atoms with Gasteiger partial charge in [-0.05, 0) is 32.4 Å². The van der Waals surface area contributed by atoms with Gasteiger partial charge in [0.15, 0.2) is 11.7 Å². The van der Waals surface area contributed by atoms with Crippen LogP contribution >= 0.6 is 11.8 Å². The number of esters is 1. The Labute approximate surface area is 166 Å². The highest BCUT2D eigenvalue weighted by molar-refractivity contribution is 7.99. The predicted molar refractivity (Wildman–Crippen MR) is 106 cm³/mol. The van der Waals surface area contributed by atoms with E-state index < -0.39 is 18.0 Å². The summed E-state index contributed by atoms with van der Waals surface area (Å²) in [6.45, 7) is 5.58. The van der Waals surface area contributed by atoms with Gasteiger partial charge < -0.3 is 14.5 Å². The monoisotopic (exact) mass is 402 g/mol. The number of carbonyl (C=O) groups is 2. The van der Waals surface area contributed by atoms with E-state index in [2.05, 4.69) is 15.4 Å². The lowest BCUT2D eigenvalue weighted by atomic mass is 10.3. The van der Waals surface area contributed by atoms with Crippen LogP contribution in [0.2, 0.25) is 0 Å². The van der Waals surface area contributed by atoms with Crippen LogP contribution in [0.4, 0.5) is 5.82 Å².